The molecule has 0 atom stereocenters. The van der Waals surface area contributed by atoms with Crippen LogP contribution in [0.4, 0.5) is 25.0 Å². The number of rotatable bonds is 8. The van der Waals surface area contributed by atoms with E-state index in [0.717, 1.165) is 12.3 Å². The maximum absolute atomic E-state index is 15.1. The summed E-state index contributed by atoms with van der Waals surface area (Å²) >= 11 is 0. The summed E-state index contributed by atoms with van der Waals surface area (Å²) in [6.07, 6.45) is 1.58. The summed E-state index contributed by atoms with van der Waals surface area (Å²) in [4.78, 5) is 57.1. The van der Waals surface area contributed by atoms with Crippen LogP contribution in [0.15, 0.2) is 60.9 Å². The number of amides is 4. The van der Waals surface area contributed by atoms with Gasteiger partial charge in [0.15, 0.2) is 5.82 Å². The number of hydrazine groups is 1. The number of fused-ring (bicyclic) bond motifs is 1. The standard InChI is InChI=1S/C28H22F2N6O7/c1-42-22-12-20-17(11-18(22)23(37)35-36-27(40)41)21(6-9-31-20)43-24-19(30)10-16(13-32-24)34-26(39)28(7-8-28)25(38)33-15-4-2-14(29)3-5-15/h2-6,9-13,36H,7-8H2,1H3,(H,33,38)(H,34,39)(H,35,37)(H,40,41). The van der Waals surface area contributed by atoms with E-state index in [9.17, 15) is 23.6 Å². The Hall–Kier alpha value is -5.86. The highest BCUT2D eigenvalue weighted by Crippen LogP contribution is 2.47. The Balaban J connectivity index is 1.32. The van der Waals surface area contributed by atoms with E-state index >= 15 is 4.39 Å². The average Bonchev–Trinajstić information content (AvgIpc) is 3.80. The topological polar surface area (TPSA) is 181 Å². The van der Waals surface area contributed by atoms with Gasteiger partial charge in [0.1, 0.15) is 22.7 Å². The summed E-state index contributed by atoms with van der Waals surface area (Å²) in [6.45, 7) is 0. The fourth-order valence-electron chi connectivity index (χ4n) is 4.15. The van der Waals surface area contributed by atoms with Crippen molar-refractivity contribution in [1.29, 1.82) is 0 Å². The van der Waals surface area contributed by atoms with Gasteiger partial charge in [-0.2, -0.15) is 0 Å². The molecule has 5 rings (SSSR count). The first kappa shape index (κ1) is 28.7. The first-order valence-corrected chi connectivity index (χ1v) is 12.6. The van der Waals surface area contributed by atoms with Crippen molar-refractivity contribution >= 4 is 46.1 Å². The zero-order chi connectivity index (χ0) is 30.7. The molecular formula is C28H22F2N6O7. The van der Waals surface area contributed by atoms with Crippen LogP contribution >= 0.6 is 0 Å². The number of nitrogens with one attached hydrogen (secondary N) is 4. The van der Waals surface area contributed by atoms with Gasteiger partial charge in [0, 0.05) is 29.4 Å². The van der Waals surface area contributed by atoms with Gasteiger partial charge in [-0.3, -0.25) is 24.8 Å². The minimum absolute atomic E-state index is 0.0232. The highest BCUT2D eigenvalue weighted by molar-refractivity contribution is 6.16. The number of carbonyl (C=O) groups is 4. The monoisotopic (exact) mass is 592 g/mol. The number of nitrogens with zero attached hydrogens (tertiary/aromatic N) is 2. The van der Waals surface area contributed by atoms with Gasteiger partial charge in [0.25, 0.3) is 11.8 Å². The highest BCUT2D eigenvalue weighted by Gasteiger charge is 2.56. The molecule has 1 fully saturated rings. The van der Waals surface area contributed by atoms with E-state index in [1.165, 1.54) is 55.8 Å². The highest BCUT2D eigenvalue weighted by atomic mass is 19.1. The lowest BCUT2D eigenvalue weighted by Gasteiger charge is -2.16. The Bertz CT molecular complexity index is 1760. The fourth-order valence-corrected chi connectivity index (χ4v) is 4.15. The van der Waals surface area contributed by atoms with Crippen molar-refractivity contribution in [2.24, 2.45) is 5.41 Å². The van der Waals surface area contributed by atoms with Crippen molar-refractivity contribution in [2.75, 3.05) is 17.7 Å². The Morgan fingerprint density at radius 3 is 2.21 bits per heavy atom. The zero-order valence-corrected chi connectivity index (χ0v) is 22.2. The molecule has 2 aromatic heterocycles. The lowest BCUT2D eigenvalue weighted by molar-refractivity contribution is -0.131. The van der Waals surface area contributed by atoms with Gasteiger partial charge < -0.3 is 25.2 Å². The molecule has 0 saturated heterocycles. The Morgan fingerprint density at radius 2 is 1.58 bits per heavy atom. The van der Waals surface area contributed by atoms with Crippen LogP contribution in [-0.2, 0) is 9.59 Å². The normalized spacial score (nSPS) is 13.0. The number of carboxylic acid groups (broad SMARTS) is 1. The molecule has 4 aromatic rings. The Kier molecular flexibility index (Phi) is 7.70. The predicted octanol–water partition coefficient (Wildman–Crippen LogP) is 3.98. The summed E-state index contributed by atoms with van der Waals surface area (Å²) in [5.41, 5.74) is 2.94. The molecule has 43 heavy (non-hydrogen) atoms. The molecule has 5 N–H and O–H groups in total. The molecule has 13 nitrogen and oxygen atoms in total. The molecule has 15 heteroatoms. The summed E-state index contributed by atoms with van der Waals surface area (Å²) in [6, 6.07) is 10.2. The Labute approximate surface area is 241 Å². The maximum Gasteiger partial charge on any atom is 0.423 e. The zero-order valence-electron chi connectivity index (χ0n) is 22.2. The molecule has 1 aliphatic rings. The van der Waals surface area contributed by atoms with Crippen molar-refractivity contribution in [3.8, 4) is 17.4 Å². The van der Waals surface area contributed by atoms with Crippen LogP contribution < -0.4 is 31.0 Å². The van der Waals surface area contributed by atoms with Crippen molar-refractivity contribution in [2.45, 2.75) is 12.8 Å². The van der Waals surface area contributed by atoms with Crippen molar-refractivity contribution < 1.29 is 42.5 Å². The molecule has 0 aliphatic heterocycles. The number of methoxy groups -OCH3 is 1. The molecule has 0 radical (unpaired) electrons. The van der Waals surface area contributed by atoms with Crippen molar-refractivity contribution in [3.05, 3.63) is 78.1 Å². The number of benzene rings is 2. The van der Waals surface area contributed by atoms with Crippen LogP contribution in [0.2, 0.25) is 0 Å². The largest absolute Gasteiger partial charge is 0.496 e. The van der Waals surface area contributed by atoms with Crippen LogP contribution in [0.25, 0.3) is 10.9 Å². The third kappa shape index (κ3) is 6.09. The fraction of sp³-hybridized carbons (Fsp3) is 0.143. The van der Waals surface area contributed by atoms with Gasteiger partial charge >= 0.3 is 6.09 Å². The first-order chi connectivity index (χ1) is 20.6. The minimum Gasteiger partial charge on any atom is -0.496 e. The van der Waals surface area contributed by atoms with E-state index in [1.54, 1.807) is 5.43 Å². The van der Waals surface area contributed by atoms with E-state index in [2.05, 4.69) is 20.6 Å². The van der Waals surface area contributed by atoms with Crippen molar-refractivity contribution in [3.63, 3.8) is 0 Å². The van der Waals surface area contributed by atoms with Gasteiger partial charge in [-0.25, -0.2) is 24.0 Å². The predicted molar refractivity (Wildman–Crippen MR) is 147 cm³/mol. The third-order valence-corrected chi connectivity index (χ3v) is 6.54. The molecule has 220 valence electrons. The van der Waals surface area contributed by atoms with E-state index in [0.29, 0.717) is 11.2 Å². The maximum atomic E-state index is 15.1. The lowest BCUT2D eigenvalue weighted by atomic mass is 10.0. The second-order valence-electron chi connectivity index (χ2n) is 9.37. The van der Waals surface area contributed by atoms with Gasteiger partial charge in [0.2, 0.25) is 11.8 Å². The quantitative estimate of drug-likeness (QED) is 0.149. The number of aromatic nitrogens is 2. The summed E-state index contributed by atoms with van der Waals surface area (Å²) < 4.78 is 39.1. The molecule has 0 spiro atoms. The van der Waals surface area contributed by atoms with Gasteiger partial charge in [-0.1, -0.05) is 0 Å². The molecule has 1 saturated carbocycles. The molecule has 0 unspecified atom stereocenters. The van der Waals surface area contributed by atoms with Crippen LogP contribution in [0, 0.1) is 17.0 Å². The van der Waals surface area contributed by atoms with Gasteiger partial charge in [-0.15, -0.1) is 0 Å². The number of halogens is 2. The molecule has 2 aromatic carbocycles. The molecular weight excluding hydrogens is 570 g/mol. The number of hydrogen-bond acceptors (Lipinski definition) is 8. The second-order valence-corrected chi connectivity index (χ2v) is 9.37. The lowest BCUT2D eigenvalue weighted by Crippen LogP contribution is -2.40. The third-order valence-electron chi connectivity index (χ3n) is 6.54. The molecule has 1 aliphatic carbocycles. The average molecular weight is 593 g/mol. The van der Waals surface area contributed by atoms with E-state index in [-0.39, 0.29) is 41.0 Å². The summed E-state index contributed by atoms with van der Waals surface area (Å²) in [5.74, 6) is -3.79. The number of ether oxygens (including phenoxy) is 2. The van der Waals surface area contributed by atoms with Gasteiger partial charge in [0.05, 0.1) is 30.1 Å². The van der Waals surface area contributed by atoms with Crippen molar-refractivity contribution in [1.82, 2.24) is 20.8 Å². The van der Waals surface area contributed by atoms with Crippen LogP contribution in [-0.4, -0.2) is 46.0 Å². The number of hydrogen-bond donors (Lipinski definition) is 5. The van der Waals surface area contributed by atoms with E-state index in [1.807, 2.05) is 5.43 Å². The Morgan fingerprint density at radius 1 is 0.884 bits per heavy atom. The van der Waals surface area contributed by atoms with Gasteiger partial charge in [-0.05, 0) is 49.2 Å². The van der Waals surface area contributed by atoms with Crippen LogP contribution in [0.3, 0.4) is 0 Å². The second kappa shape index (κ2) is 11.6. The number of pyridine rings is 2. The number of carbonyl (C=O) groups excluding carboxylic acids is 3. The minimum atomic E-state index is -1.49. The number of anilines is 2. The molecule has 0 bridgehead atoms. The SMILES string of the molecule is COc1cc2nccc(Oc3ncc(NC(=O)C4(C(=O)Nc5ccc(F)cc5)CC4)cc3F)c2cc1C(=O)NNC(=O)O. The van der Waals surface area contributed by atoms with E-state index in [4.69, 9.17) is 14.6 Å². The summed E-state index contributed by atoms with van der Waals surface area (Å²) in [5, 5.41) is 14.1. The molecule has 4 amide bonds. The van der Waals surface area contributed by atoms with Crippen LogP contribution in [0.1, 0.15) is 23.2 Å². The first-order valence-electron chi connectivity index (χ1n) is 12.6. The van der Waals surface area contributed by atoms with Crippen LogP contribution in [0.5, 0.6) is 17.4 Å². The summed E-state index contributed by atoms with van der Waals surface area (Å²) in [7, 11) is 1.31. The van der Waals surface area contributed by atoms with E-state index < -0.39 is 46.7 Å². The smallest absolute Gasteiger partial charge is 0.423 e. The molecule has 2 heterocycles.